The Morgan fingerprint density at radius 1 is 1.21 bits per heavy atom. The average molecular weight is 347 g/mol. The third kappa shape index (κ3) is 5.17. The largest absolute Gasteiger partial charge is 0.490 e. The molecule has 0 heterocycles. The van der Waals surface area contributed by atoms with Gasteiger partial charge in [0.05, 0.1) is 11.6 Å². The molecule has 0 aliphatic heterocycles. The minimum atomic E-state index is -0.248. The van der Waals surface area contributed by atoms with E-state index in [4.69, 9.17) is 16.3 Å². The summed E-state index contributed by atoms with van der Waals surface area (Å²) < 4.78 is 5.61. The van der Waals surface area contributed by atoms with Gasteiger partial charge >= 0.3 is 6.03 Å². The lowest BCUT2D eigenvalue weighted by Gasteiger charge is -2.14. The normalized spacial score (nSPS) is 10.5. The van der Waals surface area contributed by atoms with Crippen LogP contribution in [0.25, 0.3) is 0 Å². The summed E-state index contributed by atoms with van der Waals surface area (Å²) in [5.41, 5.74) is 3.01. The number of amides is 2. The molecule has 0 aliphatic rings. The van der Waals surface area contributed by atoms with Gasteiger partial charge in [-0.15, -0.1) is 0 Å². The molecule has 4 nitrogen and oxygen atoms in total. The minimum absolute atomic E-state index is 0.248. The second kappa shape index (κ2) is 8.60. The van der Waals surface area contributed by atoms with E-state index < -0.39 is 0 Å². The Bertz CT molecular complexity index is 702. The highest BCUT2D eigenvalue weighted by Gasteiger charge is 2.08. The number of hydrogen-bond acceptors (Lipinski definition) is 2. The zero-order valence-corrected chi connectivity index (χ0v) is 15.0. The maximum absolute atomic E-state index is 12.0. The quantitative estimate of drug-likeness (QED) is 0.725. The van der Waals surface area contributed by atoms with E-state index >= 15 is 0 Å². The Morgan fingerprint density at radius 2 is 1.96 bits per heavy atom. The molecule has 0 unspecified atom stereocenters. The molecular formula is C19H23ClN2O2. The van der Waals surface area contributed by atoms with Crippen LogP contribution in [0, 0.1) is 6.92 Å². The molecule has 0 aliphatic carbocycles. The van der Waals surface area contributed by atoms with E-state index in [-0.39, 0.29) is 6.03 Å². The fourth-order valence-electron chi connectivity index (χ4n) is 2.33. The molecular weight excluding hydrogens is 324 g/mol. The SMILES string of the molecule is Cc1ccc(Cl)c(OCCNC(=O)Nc2ccccc2C(C)C)c1. The third-order valence-corrected chi connectivity index (χ3v) is 3.88. The Hall–Kier alpha value is -2.20. The highest BCUT2D eigenvalue weighted by atomic mass is 35.5. The summed E-state index contributed by atoms with van der Waals surface area (Å²) in [6.45, 7) is 6.90. The fourth-order valence-corrected chi connectivity index (χ4v) is 2.50. The molecule has 0 saturated heterocycles. The Labute approximate surface area is 148 Å². The van der Waals surface area contributed by atoms with Gasteiger partial charge in [0.2, 0.25) is 0 Å². The lowest BCUT2D eigenvalue weighted by atomic mass is 10.0. The van der Waals surface area contributed by atoms with Crippen LogP contribution in [-0.2, 0) is 0 Å². The van der Waals surface area contributed by atoms with Crippen molar-refractivity contribution in [3.05, 3.63) is 58.6 Å². The maximum Gasteiger partial charge on any atom is 0.319 e. The molecule has 24 heavy (non-hydrogen) atoms. The van der Waals surface area contributed by atoms with Crippen molar-refractivity contribution < 1.29 is 9.53 Å². The number of urea groups is 1. The number of aryl methyl sites for hydroxylation is 1. The van der Waals surface area contributed by atoms with Crippen LogP contribution >= 0.6 is 11.6 Å². The molecule has 0 spiro atoms. The first-order valence-electron chi connectivity index (χ1n) is 8.00. The zero-order valence-electron chi connectivity index (χ0n) is 14.2. The molecule has 0 aromatic heterocycles. The fraction of sp³-hybridized carbons (Fsp3) is 0.316. The van der Waals surface area contributed by atoms with Gasteiger partial charge in [0.25, 0.3) is 0 Å². The zero-order chi connectivity index (χ0) is 17.5. The van der Waals surface area contributed by atoms with Crippen LogP contribution in [0.4, 0.5) is 10.5 Å². The molecule has 2 N–H and O–H groups in total. The van der Waals surface area contributed by atoms with Crippen LogP contribution in [0.3, 0.4) is 0 Å². The van der Waals surface area contributed by atoms with Gasteiger partial charge < -0.3 is 15.4 Å². The number of anilines is 1. The number of ether oxygens (including phenoxy) is 1. The van der Waals surface area contributed by atoms with E-state index in [2.05, 4.69) is 24.5 Å². The van der Waals surface area contributed by atoms with E-state index in [1.54, 1.807) is 6.07 Å². The number of halogens is 1. The van der Waals surface area contributed by atoms with Crippen molar-refractivity contribution in [2.24, 2.45) is 0 Å². The second-order valence-electron chi connectivity index (χ2n) is 5.91. The van der Waals surface area contributed by atoms with Crippen LogP contribution < -0.4 is 15.4 Å². The van der Waals surface area contributed by atoms with Crippen molar-refractivity contribution in [3.8, 4) is 5.75 Å². The first kappa shape index (κ1) is 18.1. The molecule has 128 valence electrons. The molecule has 2 aromatic rings. The summed E-state index contributed by atoms with van der Waals surface area (Å²) in [7, 11) is 0. The summed E-state index contributed by atoms with van der Waals surface area (Å²) in [6, 6.07) is 13.1. The molecule has 0 fully saturated rings. The van der Waals surface area contributed by atoms with Crippen LogP contribution in [-0.4, -0.2) is 19.2 Å². The average Bonchev–Trinajstić information content (AvgIpc) is 2.55. The molecule has 0 saturated carbocycles. The van der Waals surface area contributed by atoms with E-state index in [9.17, 15) is 4.79 Å². The van der Waals surface area contributed by atoms with Crippen LogP contribution in [0.15, 0.2) is 42.5 Å². The lowest BCUT2D eigenvalue weighted by Crippen LogP contribution is -2.32. The molecule has 2 rings (SSSR count). The van der Waals surface area contributed by atoms with E-state index in [1.165, 1.54) is 0 Å². The summed E-state index contributed by atoms with van der Waals surface area (Å²) in [6.07, 6.45) is 0. The number of carbonyl (C=O) groups is 1. The van der Waals surface area contributed by atoms with Gasteiger partial charge in [-0.05, 0) is 42.2 Å². The van der Waals surface area contributed by atoms with Crippen LogP contribution in [0.2, 0.25) is 5.02 Å². The van der Waals surface area contributed by atoms with Gasteiger partial charge in [-0.1, -0.05) is 49.7 Å². The first-order valence-corrected chi connectivity index (χ1v) is 8.38. The molecule has 0 radical (unpaired) electrons. The van der Waals surface area contributed by atoms with Gasteiger partial charge in [0.15, 0.2) is 0 Å². The molecule has 5 heteroatoms. The summed E-state index contributed by atoms with van der Waals surface area (Å²) in [4.78, 5) is 12.0. The topological polar surface area (TPSA) is 50.4 Å². The van der Waals surface area contributed by atoms with Crippen molar-refractivity contribution in [3.63, 3.8) is 0 Å². The van der Waals surface area contributed by atoms with Crippen molar-refractivity contribution in [1.82, 2.24) is 5.32 Å². The predicted octanol–water partition coefficient (Wildman–Crippen LogP) is 4.97. The molecule has 0 atom stereocenters. The van der Waals surface area contributed by atoms with Crippen molar-refractivity contribution >= 4 is 23.3 Å². The highest BCUT2D eigenvalue weighted by Crippen LogP contribution is 2.25. The molecule has 2 amide bonds. The summed E-state index contributed by atoms with van der Waals surface area (Å²) >= 11 is 6.07. The van der Waals surface area contributed by atoms with Gasteiger partial charge in [-0.3, -0.25) is 0 Å². The van der Waals surface area contributed by atoms with Crippen LogP contribution in [0.5, 0.6) is 5.75 Å². The number of benzene rings is 2. The minimum Gasteiger partial charge on any atom is -0.490 e. The summed E-state index contributed by atoms with van der Waals surface area (Å²) in [5, 5.41) is 6.23. The maximum atomic E-state index is 12.0. The second-order valence-corrected chi connectivity index (χ2v) is 6.31. The van der Waals surface area contributed by atoms with Gasteiger partial charge in [-0.2, -0.15) is 0 Å². The number of hydrogen-bond donors (Lipinski definition) is 2. The number of rotatable bonds is 6. The first-order chi connectivity index (χ1) is 11.5. The van der Waals surface area contributed by atoms with Crippen molar-refractivity contribution in [1.29, 1.82) is 0 Å². The highest BCUT2D eigenvalue weighted by molar-refractivity contribution is 6.32. The number of nitrogens with one attached hydrogen (secondary N) is 2. The van der Waals surface area contributed by atoms with E-state index in [1.807, 2.05) is 43.3 Å². The Balaban J connectivity index is 1.81. The molecule has 2 aromatic carbocycles. The number of para-hydroxylation sites is 1. The van der Waals surface area contributed by atoms with Crippen LogP contribution in [0.1, 0.15) is 30.9 Å². The predicted molar refractivity (Wildman–Crippen MR) is 99.2 cm³/mol. The molecule has 0 bridgehead atoms. The Morgan fingerprint density at radius 3 is 2.71 bits per heavy atom. The van der Waals surface area contributed by atoms with E-state index in [0.29, 0.717) is 29.8 Å². The van der Waals surface area contributed by atoms with Crippen molar-refractivity contribution in [2.75, 3.05) is 18.5 Å². The Kier molecular flexibility index (Phi) is 6.50. The lowest BCUT2D eigenvalue weighted by molar-refractivity contribution is 0.247. The van der Waals surface area contributed by atoms with E-state index in [0.717, 1.165) is 16.8 Å². The smallest absolute Gasteiger partial charge is 0.319 e. The summed E-state index contributed by atoms with van der Waals surface area (Å²) in [5.74, 6) is 0.970. The van der Waals surface area contributed by atoms with Crippen molar-refractivity contribution in [2.45, 2.75) is 26.7 Å². The van der Waals surface area contributed by atoms with Gasteiger partial charge in [0.1, 0.15) is 12.4 Å². The monoisotopic (exact) mass is 346 g/mol. The van der Waals surface area contributed by atoms with Gasteiger partial charge in [-0.25, -0.2) is 4.79 Å². The standard InChI is InChI=1S/C19H23ClN2O2/c1-13(2)15-6-4-5-7-17(15)22-19(23)21-10-11-24-18-12-14(3)8-9-16(18)20/h4-9,12-13H,10-11H2,1-3H3,(H2,21,22,23). The third-order valence-electron chi connectivity index (χ3n) is 3.56. The number of carbonyl (C=O) groups excluding carboxylic acids is 1. The van der Waals surface area contributed by atoms with Gasteiger partial charge in [0, 0.05) is 5.69 Å².